The Morgan fingerprint density at radius 3 is 2.68 bits per heavy atom. The lowest BCUT2D eigenvalue weighted by Gasteiger charge is -2.30. The van der Waals surface area contributed by atoms with Gasteiger partial charge in [-0.2, -0.15) is 18.3 Å². The van der Waals surface area contributed by atoms with Gasteiger partial charge in [-0.3, -0.25) is 5.10 Å². The minimum absolute atomic E-state index is 0.193. The van der Waals surface area contributed by atoms with Crippen LogP contribution in [0.2, 0.25) is 0 Å². The van der Waals surface area contributed by atoms with Gasteiger partial charge in [-0.1, -0.05) is 0 Å². The van der Waals surface area contributed by atoms with Crippen LogP contribution >= 0.6 is 0 Å². The van der Waals surface area contributed by atoms with Crippen molar-refractivity contribution in [1.29, 1.82) is 0 Å². The maximum atomic E-state index is 12.4. The molecule has 2 heterocycles. The van der Waals surface area contributed by atoms with Gasteiger partial charge < -0.3 is 0 Å². The van der Waals surface area contributed by atoms with Crippen LogP contribution in [0.3, 0.4) is 0 Å². The van der Waals surface area contributed by atoms with E-state index in [1.165, 1.54) is 4.31 Å². The number of nitrogens with zero attached hydrogens (tertiary/aromatic N) is 2. The van der Waals surface area contributed by atoms with Gasteiger partial charge in [0.25, 0.3) is 0 Å². The Morgan fingerprint density at radius 2 is 2.16 bits per heavy atom. The Morgan fingerprint density at radius 1 is 1.47 bits per heavy atom. The van der Waals surface area contributed by atoms with E-state index in [1.807, 2.05) is 0 Å². The van der Waals surface area contributed by atoms with Crippen molar-refractivity contribution in [2.75, 3.05) is 19.3 Å². The molecule has 1 saturated heterocycles. The number of aromatic amines is 1. The summed E-state index contributed by atoms with van der Waals surface area (Å²) in [5.74, 6) is -0.271. The summed E-state index contributed by atoms with van der Waals surface area (Å²) in [6.07, 6.45) is -2.12. The highest BCUT2D eigenvalue weighted by Gasteiger charge is 2.35. The Hall–Kier alpha value is -1.09. The monoisotopic (exact) mass is 297 g/mol. The summed E-state index contributed by atoms with van der Waals surface area (Å²) < 4.78 is 61.5. The Bertz CT molecular complexity index is 553. The molecule has 1 fully saturated rings. The van der Waals surface area contributed by atoms with Crippen molar-refractivity contribution in [3.05, 3.63) is 17.5 Å². The molecule has 0 aromatic carbocycles. The molecule has 1 N–H and O–H groups in total. The fraction of sp³-hybridized carbons (Fsp3) is 0.700. The SMILES string of the molecule is CS(=O)(=O)N1CCC[C@H](c2cc(C(F)(F)F)n[nH]2)C1. The highest BCUT2D eigenvalue weighted by atomic mass is 32.2. The van der Waals surface area contributed by atoms with Crippen LogP contribution in [-0.2, 0) is 16.2 Å². The van der Waals surface area contributed by atoms with Crippen molar-refractivity contribution in [1.82, 2.24) is 14.5 Å². The number of halogens is 3. The van der Waals surface area contributed by atoms with Crippen molar-refractivity contribution in [2.24, 2.45) is 0 Å². The fourth-order valence-corrected chi connectivity index (χ4v) is 3.10. The lowest BCUT2D eigenvalue weighted by atomic mass is 9.96. The third kappa shape index (κ3) is 3.27. The third-order valence-electron chi connectivity index (χ3n) is 3.18. The molecule has 1 atom stereocenters. The maximum absolute atomic E-state index is 12.4. The molecular weight excluding hydrogens is 283 g/mol. The van der Waals surface area contributed by atoms with E-state index in [-0.39, 0.29) is 12.5 Å². The number of alkyl halides is 3. The van der Waals surface area contributed by atoms with Crippen molar-refractivity contribution < 1.29 is 21.6 Å². The third-order valence-corrected chi connectivity index (χ3v) is 4.45. The van der Waals surface area contributed by atoms with Gasteiger partial charge in [0, 0.05) is 24.7 Å². The largest absolute Gasteiger partial charge is 0.435 e. The van der Waals surface area contributed by atoms with E-state index in [9.17, 15) is 21.6 Å². The molecule has 5 nitrogen and oxygen atoms in total. The van der Waals surface area contributed by atoms with Gasteiger partial charge in [0.05, 0.1) is 6.26 Å². The standard InChI is InChI=1S/C10H14F3N3O2S/c1-19(17,18)16-4-2-3-7(6-16)8-5-9(15-14-8)10(11,12)13/h5,7H,2-4,6H2,1H3,(H,14,15)/t7-/m0/s1. The molecule has 1 aromatic heterocycles. The highest BCUT2D eigenvalue weighted by molar-refractivity contribution is 7.88. The first-order valence-corrected chi connectivity index (χ1v) is 7.60. The smallest absolute Gasteiger partial charge is 0.282 e. The van der Waals surface area contributed by atoms with Gasteiger partial charge in [-0.05, 0) is 18.9 Å². The van der Waals surface area contributed by atoms with Crippen molar-refractivity contribution in [2.45, 2.75) is 24.9 Å². The van der Waals surface area contributed by atoms with E-state index >= 15 is 0 Å². The number of hydrogen-bond acceptors (Lipinski definition) is 3. The Labute approximate surface area is 108 Å². The van der Waals surface area contributed by atoms with Crippen molar-refractivity contribution >= 4 is 10.0 Å². The number of nitrogens with one attached hydrogen (secondary N) is 1. The normalized spacial score (nSPS) is 22.6. The quantitative estimate of drug-likeness (QED) is 0.901. The number of aromatic nitrogens is 2. The molecule has 0 aliphatic carbocycles. The summed E-state index contributed by atoms with van der Waals surface area (Å²) in [6.45, 7) is 0.605. The molecule has 0 saturated carbocycles. The second-order valence-corrected chi connectivity index (χ2v) is 6.65. The molecule has 2 rings (SSSR count). The Kier molecular flexibility index (Phi) is 3.61. The van der Waals surface area contributed by atoms with Crippen LogP contribution in [0, 0.1) is 0 Å². The zero-order valence-electron chi connectivity index (χ0n) is 10.2. The maximum Gasteiger partial charge on any atom is 0.435 e. The first kappa shape index (κ1) is 14.3. The summed E-state index contributed by atoms with van der Waals surface area (Å²) in [5.41, 5.74) is -0.639. The summed E-state index contributed by atoms with van der Waals surface area (Å²) in [6, 6.07) is 0.955. The van der Waals surface area contributed by atoms with Gasteiger partial charge in [0.1, 0.15) is 0 Å². The summed E-state index contributed by atoms with van der Waals surface area (Å²) in [4.78, 5) is 0. The van der Waals surface area contributed by atoms with Crippen LogP contribution in [0.15, 0.2) is 6.07 Å². The van der Waals surface area contributed by atoms with Gasteiger partial charge in [0.15, 0.2) is 5.69 Å². The molecule has 0 radical (unpaired) electrons. The van der Waals surface area contributed by atoms with Crippen molar-refractivity contribution in [3.63, 3.8) is 0 Å². The van der Waals surface area contributed by atoms with Crippen molar-refractivity contribution in [3.8, 4) is 0 Å². The van der Waals surface area contributed by atoms with E-state index in [4.69, 9.17) is 0 Å². The number of hydrogen-bond donors (Lipinski definition) is 1. The molecule has 0 spiro atoms. The molecule has 0 bridgehead atoms. The zero-order chi connectivity index (χ0) is 14.3. The van der Waals surface area contributed by atoms with Crippen LogP contribution < -0.4 is 0 Å². The van der Waals surface area contributed by atoms with Crippen LogP contribution in [0.5, 0.6) is 0 Å². The molecule has 1 aliphatic rings. The van der Waals surface area contributed by atoms with Gasteiger partial charge in [-0.25, -0.2) is 12.7 Å². The van der Waals surface area contributed by atoms with Crippen LogP contribution in [0.1, 0.15) is 30.1 Å². The number of rotatable bonds is 2. The number of piperidine rings is 1. The first-order valence-electron chi connectivity index (χ1n) is 5.75. The van der Waals surface area contributed by atoms with E-state index < -0.39 is 21.9 Å². The molecule has 0 unspecified atom stereocenters. The van der Waals surface area contributed by atoms with E-state index in [0.29, 0.717) is 25.1 Å². The van der Waals surface area contributed by atoms with Crippen LogP contribution in [-0.4, -0.2) is 42.3 Å². The molecular formula is C10H14F3N3O2S. The van der Waals surface area contributed by atoms with Crippen LogP contribution in [0.4, 0.5) is 13.2 Å². The van der Waals surface area contributed by atoms with Crippen LogP contribution in [0.25, 0.3) is 0 Å². The summed E-state index contributed by atoms with van der Waals surface area (Å²) >= 11 is 0. The predicted octanol–water partition coefficient (Wildman–Crippen LogP) is 1.57. The average Bonchev–Trinajstić information content (AvgIpc) is 2.77. The second kappa shape index (κ2) is 4.78. The first-order chi connectivity index (χ1) is 8.68. The minimum atomic E-state index is -4.49. The summed E-state index contributed by atoms with van der Waals surface area (Å²) in [5, 5.41) is 5.59. The van der Waals surface area contributed by atoms with E-state index in [0.717, 1.165) is 12.3 Å². The lowest BCUT2D eigenvalue weighted by molar-refractivity contribution is -0.141. The summed E-state index contributed by atoms with van der Waals surface area (Å²) in [7, 11) is -3.31. The molecule has 19 heavy (non-hydrogen) atoms. The Balaban J connectivity index is 2.16. The molecule has 1 aliphatic heterocycles. The van der Waals surface area contributed by atoms with Gasteiger partial charge >= 0.3 is 6.18 Å². The molecule has 9 heteroatoms. The highest BCUT2D eigenvalue weighted by Crippen LogP contribution is 2.32. The van der Waals surface area contributed by atoms with Gasteiger partial charge in [-0.15, -0.1) is 0 Å². The predicted molar refractivity (Wildman–Crippen MR) is 62.0 cm³/mol. The molecule has 1 aromatic rings. The van der Waals surface area contributed by atoms with E-state index in [1.54, 1.807) is 0 Å². The van der Waals surface area contributed by atoms with Gasteiger partial charge in [0.2, 0.25) is 10.0 Å². The lowest BCUT2D eigenvalue weighted by Crippen LogP contribution is -2.38. The second-order valence-electron chi connectivity index (χ2n) is 4.67. The zero-order valence-corrected chi connectivity index (χ0v) is 11.1. The van der Waals surface area contributed by atoms with E-state index in [2.05, 4.69) is 10.2 Å². The number of sulfonamides is 1. The topological polar surface area (TPSA) is 66.1 Å². The average molecular weight is 297 g/mol. The molecule has 108 valence electrons. The molecule has 0 amide bonds. The minimum Gasteiger partial charge on any atom is -0.282 e. The number of H-pyrrole nitrogens is 1. The fourth-order valence-electron chi connectivity index (χ4n) is 2.19.